The predicted octanol–water partition coefficient (Wildman–Crippen LogP) is 1.62. The van der Waals surface area contributed by atoms with E-state index in [-0.39, 0.29) is 4.75 Å². The number of thioether (sulfide) groups is 1. The molecule has 6 heteroatoms. The maximum absolute atomic E-state index is 5.27. The van der Waals surface area contributed by atoms with Gasteiger partial charge in [0.1, 0.15) is 5.82 Å². The van der Waals surface area contributed by atoms with E-state index in [1.54, 1.807) is 6.20 Å². The standard InChI is InChI=1S/C10H19N5S/c1-7-5-12-9(15-11)14-8(7)13-6-10(2,3)16-4/h5H,6,11H2,1-4H3,(H2,12,13,14,15). The first-order chi connectivity index (χ1) is 7.48. The maximum Gasteiger partial charge on any atom is 0.239 e. The summed E-state index contributed by atoms with van der Waals surface area (Å²) in [5.74, 6) is 6.52. The number of hydrogen-bond acceptors (Lipinski definition) is 6. The molecule has 1 heterocycles. The lowest BCUT2D eigenvalue weighted by molar-refractivity contribution is 0.749. The van der Waals surface area contributed by atoms with E-state index in [1.165, 1.54) is 0 Å². The quantitative estimate of drug-likeness (QED) is 0.537. The lowest BCUT2D eigenvalue weighted by Gasteiger charge is -2.23. The zero-order valence-electron chi connectivity index (χ0n) is 10.2. The van der Waals surface area contributed by atoms with Crippen molar-refractivity contribution in [3.63, 3.8) is 0 Å². The van der Waals surface area contributed by atoms with Crippen molar-refractivity contribution in [2.24, 2.45) is 5.84 Å². The molecule has 4 N–H and O–H groups in total. The average Bonchev–Trinajstić information content (AvgIpc) is 2.28. The summed E-state index contributed by atoms with van der Waals surface area (Å²) in [6, 6.07) is 0. The average molecular weight is 241 g/mol. The molecule has 0 radical (unpaired) electrons. The summed E-state index contributed by atoms with van der Waals surface area (Å²) in [6.45, 7) is 7.18. The van der Waals surface area contributed by atoms with E-state index in [9.17, 15) is 0 Å². The summed E-state index contributed by atoms with van der Waals surface area (Å²) in [4.78, 5) is 8.29. The van der Waals surface area contributed by atoms with E-state index >= 15 is 0 Å². The Hall–Kier alpha value is -1.01. The Kier molecular flexibility index (Phi) is 4.37. The van der Waals surface area contributed by atoms with Crippen LogP contribution < -0.4 is 16.6 Å². The Morgan fingerprint density at radius 3 is 2.75 bits per heavy atom. The highest BCUT2D eigenvalue weighted by molar-refractivity contribution is 7.99. The van der Waals surface area contributed by atoms with Gasteiger partial charge in [-0.05, 0) is 27.0 Å². The van der Waals surface area contributed by atoms with Crippen LogP contribution in [0.2, 0.25) is 0 Å². The molecule has 0 aliphatic heterocycles. The molecule has 90 valence electrons. The lowest BCUT2D eigenvalue weighted by atomic mass is 10.2. The van der Waals surface area contributed by atoms with Crippen molar-refractivity contribution in [3.05, 3.63) is 11.8 Å². The molecule has 1 aromatic rings. The maximum atomic E-state index is 5.27. The van der Waals surface area contributed by atoms with E-state index in [0.717, 1.165) is 17.9 Å². The molecule has 0 fully saturated rings. The van der Waals surface area contributed by atoms with E-state index in [4.69, 9.17) is 5.84 Å². The number of nitrogens with two attached hydrogens (primary N) is 1. The molecular weight excluding hydrogens is 222 g/mol. The third kappa shape index (κ3) is 3.53. The Morgan fingerprint density at radius 1 is 1.50 bits per heavy atom. The van der Waals surface area contributed by atoms with Crippen molar-refractivity contribution in [1.29, 1.82) is 0 Å². The minimum Gasteiger partial charge on any atom is -0.368 e. The lowest BCUT2D eigenvalue weighted by Crippen LogP contribution is -2.26. The van der Waals surface area contributed by atoms with Gasteiger partial charge >= 0.3 is 0 Å². The Labute approximate surface area is 101 Å². The molecule has 0 spiro atoms. The van der Waals surface area contributed by atoms with Crippen molar-refractivity contribution in [2.45, 2.75) is 25.5 Å². The molecule has 0 aliphatic rings. The van der Waals surface area contributed by atoms with E-state index < -0.39 is 0 Å². The fraction of sp³-hybridized carbons (Fsp3) is 0.600. The number of nitrogens with one attached hydrogen (secondary N) is 2. The normalized spacial score (nSPS) is 11.3. The zero-order chi connectivity index (χ0) is 12.2. The van der Waals surface area contributed by atoms with Gasteiger partial charge in [-0.2, -0.15) is 16.7 Å². The highest BCUT2D eigenvalue weighted by Gasteiger charge is 2.16. The molecule has 0 saturated heterocycles. The summed E-state index contributed by atoms with van der Waals surface area (Å²) in [7, 11) is 0. The van der Waals surface area contributed by atoms with Gasteiger partial charge in [-0.1, -0.05) is 0 Å². The Bertz CT molecular complexity index is 353. The first kappa shape index (κ1) is 13.1. The Morgan fingerprint density at radius 2 is 2.19 bits per heavy atom. The molecule has 0 saturated carbocycles. The van der Waals surface area contributed by atoms with Crippen LogP contribution in [0.4, 0.5) is 11.8 Å². The second kappa shape index (κ2) is 5.36. The van der Waals surface area contributed by atoms with Crippen LogP contribution in [0.25, 0.3) is 0 Å². The van der Waals surface area contributed by atoms with Gasteiger partial charge in [0, 0.05) is 23.1 Å². The number of anilines is 2. The molecule has 1 aromatic heterocycles. The minimum absolute atomic E-state index is 0.174. The molecule has 16 heavy (non-hydrogen) atoms. The molecule has 1 rings (SSSR count). The number of aryl methyl sites for hydroxylation is 1. The van der Waals surface area contributed by atoms with Crippen LogP contribution >= 0.6 is 11.8 Å². The Balaban J connectivity index is 2.73. The van der Waals surface area contributed by atoms with Crippen LogP contribution in [-0.2, 0) is 0 Å². The van der Waals surface area contributed by atoms with Gasteiger partial charge in [-0.15, -0.1) is 0 Å². The van der Waals surface area contributed by atoms with Gasteiger partial charge in [0.15, 0.2) is 0 Å². The summed E-state index contributed by atoms with van der Waals surface area (Å²) in [5, 5.41) is 3.31. The smallest absolute Gasteiger partial charge is 0.239 e. The van der Waals surface area contributed by atoms with Crippen molar-refractivity contribution in [1.82, 2.24) is 9.97 Å². The number of aromatic nitrogens is 2. The van der Waals surface area contributed by atoms with Crippen LogP contribution in [-0.4, -0.2) is 27.5 Å². The second-order valence-corrected chi connectivity index (χ2v) is 5.70. The molecule has 0 bridgehead atoms. The van der Waals surface area contributed by atoms with E-state index in [1.807, 2.05) is 18.7 Å². The summed E-state index contributed by atoms with van der Waals surface area (Å²) >= 11 is 1.82. The molecule has 0 aliphatic carbocycles. The van der Waals surface area contributed by atoms with Gasteiger partial charge in [0.25, 0.3) is 0 Å². The van der Waals surface area contributed by atoms with Gasteiger partial charge < -0.3 is 5.32 Å². The first-order valence-corrected chi connectivity index (χ1v) is 6.30. The highest BCUT2D eigenvalue weighted by atomic mass is 32.2. The van der Waals surface area contributed by atoms with Crippen molar-refractivity contribution in [2.75, 3.05) is 23.5 Å². The van der Waals surface area contributed by atoms with E-state index in [0.29, 0.717) is 5.95 Å². The van der Waals surface area contributed by atoms with Crippen molar-refractivity contribution >= 4 is 23.5 Å². The summed E-state index contributed by atoms with van der Waals surface area (Å²) in [6.07, 6.45) is 3.85. The SMILES string of the molecule is CSC(C)(C)CNc1nc(NN)ncc1C. The van der Waals surface area contributed by atoms with Crippen LogP contribution in [0.15, 0.2) is 6.20 Å². The van der Waals surface area contributed by atoms with Crippen LogP contribution in [0.5, 0.6) is 0 Å². The first-order valence-electron chi connectivity index (χ1n) is 5.08. The monoisotopic (exact) mass is 241 g/mol. The minimum atomic E-state index is 0.174. The third-order valence-corrected chi connectivity index (χ3v) is 3.58. The largest absolute Gasteiger partial charge is 0.368 e. The second-order valence-electron chi connectivity index (χ2n) is 4.19. The van der Waals surface area contributed by atoms with Crippen molar-refractivity contribution in [3.8, 4) is 0 Å². The van der Waals surface area contributed by atoms with Gasteiger partial charge in [-0.25, -0.2) is 10.8 Å². The summed E-state index contributed by atoms with van der Waals surface area (Å²) < 4.78 is 0.174. The fourth-order valence-electron chi connectivity index (χ4n) is 1.06. The number of nitrogens with zero attached hydrogens (tertiary/aromatic N) is 2. The van der Waals surface area contributed by atoms with Gasteiger partial charge in [0.05, 0.1) is 0 Å². The molecular formula is C10H19N5S. The molecule has 5 nitrogen and oxygen atoms in total. The summed E-state index contributed by atoms with van der Waals surface area (Å²) in [5.41, 5.74) is 3.45. The van der Waals surface area contributed by atoms with Crippen molar-refractivity contribution < 1.29 is 0 Å². The van der Waals surface area contributed by atoms with Gasteiger partial charge in [0.2, 0.25) is 5.95 Å². The van der Waals surface area contributed by atoms with Gasteiger partial charge in [-0.3, -0.25) is 5.43 Å². The molecule has 0 aromatic carbocycles. The molecule has 0 amide bonds. The number of rotatable bonds is 5. The number of hydrazine groups is 1. The third-order valence-electron chi connectivity index (χ3n) is 2.33. The highest BCUT2D eigenvalue weighted by Crippen LogP contribution is 2.22. The zero-order valence-corrected chi connectivity index (χ0v) is 11.0. The molecule has 0 atom stereocenters. The number of hydrogen-bond donors (Lipinski definition) is 3. The van der Waals surface area contributed by atoms with Crippen LogP contribution in [0.1, 0.15) is 19.4 Å². The van der Waals surface area contributed by atoms with Crippen LogP contribution in [0, 0.1) is 6.92 Å². The van der Waals surface area contributed by atoms with Crippen LogP contribution in [0.3, 0.4) is 0 Å². The molecule has 0 unspecified atom stereocenters. The topological polar surface area (TPSA) is 75.9 Å². The number of nitrogen functional groups attached to an aromatic ring is 1. The fourth-order valence-corrected chi connectivity index (χ4v) is 1.28. The predicted molar refractivity (Wildman–Crippen MR) is 70.7 cm³/mol. The van der Waals surface area contributed by atoms with E-state index in [2.05, 4.69) is 40.8 Å².